The molecule has 2 aromatic rings. The van der Waals surface area contributed by atoms with Crippen molar-refractivity contribution >= 4 is 28.4 Å². The summed E-state index contributed by atoms with van der Waals surface area (Å²) in [6, 6.07) is 6.41. The third-order valence-electron chi connectivity index (χ3n) is 3.44. The van der Waals surface area contributed by atoms with Gasteiger partial charge in [0.2, 0.25) is 0 Å². The van der Waals surface area contributed by atoms with Gasteiger partial charge in [-0.15, -0.1) is 11.3 Å². The molecule has 0 amide bonds. The number of anilines is 1. The largest absolute Gasteiger partial charge is 0.435 e. The molecule has 126 valence electrons. The molecule has 0 saturated heterocycles. The second-order valence-corrected chi connectivity index (χ2v) is 6.57. The molecule has 0 radical (unpaired) electrons. The lowest BCUT2D eigenvalue weighted by Gasteiger charge is -2.22. The van der Waals surface area contributed by atoms with Crippen molar-refractivity contribution in [3.05, 3.63) is 35.3 Å². The second kappa shape index (κ2) is 7.94. The zero-order valence-electron chi connectivity index (χ0n) is 12.8. The smallest absolute Gasteiger partial charge is 0.387 e. The monoisotopic (exact) mass is 360 g/mol. The molecule has 1 aromatic carbocycles. The van der Waals surface area contributed by atoms with Crippen molar-refractivity contribution in [1.82, 2.24) is 4.98 Å². The normalized spacial score (nSPS) is 11.7. The van der Waals surface area contributed by atoms with Crippen molar-refractivity contribution in [2.24, 2.45) is 0 Å². The van der Waals surface area contributed by atoms with Crippen LogP contribution < -0.4 is 9.46 Å². The summed E-state index contributed by atoms with van der Waals surface area (Å²) in [5, 5.41) is 12.9. The number of thiazole rings is 1. The standard InChI is InChI=1S/C15H18F2N2O2S2/c1-3-15(20,4-2)12-9-22-14(18-12)19-23-11-7-5-6-10(8-11)21-13(16)17/h5-9,13,20H,3-4H2,1-2H3,(H,18,19). The molecule has 0 aliphatic rings. The lowest BCUT2D eigenvalue weighted by molar-refractivity contribution is -0.0499. The molecule has 8 heteroatoms. The highest BCUT2D eigenvalue weighted by Gasteiger charge is 2.27. The fourth-order valence-corrected chi connectivity index (χ4v) is 3.50. The van der Waals surface area contributed by atoms with E-state index in [9.17, 15) is 13.9 Å². The van der Waals surface area contributed by atoms with Gasteiger partial charge in [-0.1, -0.05) is 19.9 Å². The van der Waals surface area contributed by atoms with Crippen molar-refractivity contribution < 1.29 is 18.6 Å². The van der Waals surface area contributed by atoms with Crippen LogP contribution in [-0.2, 0) is 5.60 Å². The topological polar surface area (TPSA) is 54.4 Å². The summed E-state index contributed by atoms with van der Waals surface area (Å²) < 4.78 is 31.8. The van der Waals surface area contributed by atoms with Gasteiger partial charge in [-0.3, -0.25) is 0 Å². The van der Waals surface area contributed by atoms with Crippen LogP contribution >= 0.6 is 23.3 Å². The minimum Gasteiger partial charge on any atom is -0.435 e. The van der Waals surface area contributed by atoms with Crippen LogP contribution in [0.1, 0.15) is 32.4 Å². The second-order valence-electron chi connectivity index (χ2n) is 4.83. The lowest BCUT2D eigenvalue weighted by atomic mass is 9.94. The zero-order chi connectivity index (χ0) is 16.9. The summed E-state index contributed by atoms with van der Waals surface area (Å²) in [6.07, 6.45) is 1.18. The van der Waals surface area contributed by atoms with Crippen LogP contribution in [0.4, 0.5) is 13.9 Å². The number of hydrogen-bond donors (Lipinski definition) is 2. The number of nitrogens with zero attached hydrogens (tertiary/aromatic N) is 1. The molecule has 0 atom stereocenters. The van der Waals surface area contributed by atoms with Gasteiger partial charge >= 0.3 is 6.61 Å². The summed E-state index contributed by atoms with van der Waals surface area (Å²) in [5.74, 6) is 0.109. The molecule has 1 heterocycles. The first-order valence-electron chi connectivity index (χ1n) is 7.13. The Morgan fingerprint density at radius 1 is 1.39 bits per heavy atom. The van der Waals surface area contributed by atoms with Crippen molar-refractivity contribution in [2.75, 3.05) is 4.72 Å². The Balaban J connectivity index is 2.00. The molecule has 0 saturated carbocycles. The number of ether oxygens (including phenoxy) is 1. The molecule has 23 heavy (non-hydrogen) atoms. The van der Waals surface area contributed by atoms with Gasteiger partial charge in [0, 0.05) is 10.3 Å². The first-order chi connectivity index (χ1) is 11.0. The molecule has 0 fully saturated rings. The van der Waals surface area contributed by atoms with Crippen molar-refractivity contribution in [3.63, 3.8) is 0 Å². The Bertz CT molecular complexity index is 633. The van der Waals surface area contributed by atoms with E-state index in [2.05, 4.69) is 14.4 Å². The predicted octanol–water partition coefficient (Wildman–Crippen LogP) is 4.87. The maximum atomic E-state index is 12.2. The molecular weight excluding hydrogens is 342 g/mol. The Morgan fingerprint density at radius 3 is 2.78 bits per heavy atom. The summed E-state index contributed by atoms with van der Waals surface area (Å²) in [6.45, 7) is 0.990. The third-order valence-corrected chi connectivity index (χ3v) is 5.11. The van der Waals surface area contributed by atoms with Gasteiger partial charge in [0.25, 0.3) is 0 Å². The molecule has 0 aliphatic heterocycles. The molecule has 2 N–H and O–H groups in total. The maximum Gasteiger partial charge on any atom is 0.387 e. The number of aliphatic hydroxyl groups is 1. The molecule has 2 rings (SSSR count). The van der Waals surface area contributed by atoms with Crippen LogP contribution in [0, 0.1) is 0 Å². The van der Waals surface area contributed by atoms with Crippen LogP contribution in [0.3, 0.4) is 0 Å². The van der Waals surface area contributed by atoms with Gasteiger partial charge in [-0.25, -0.2) is 4.98 Å². The van der Waals surface area contributed by atoms with E-state index in [0.29, 0.717) is 23.7 Å². The Kier molecular flexibility index (Phi) is 6.20. The maximum absolute atomic E-state index is 12.2. The molecule has 0 spiro atoms. The fourth-order valence-electron chi connectivity index (χ4n) is 1.96. The number of nitrogens with one attached hydrogen (secondary N) is 1. The average Bonchev–Trinajstić information content (AvgIpc) is 3.01. The molecule has 0 aliphatic carbocycles. The molecule has 0 bridgehead atoms. The van der Waals surface area contributed by atoms with E-state index in [0.717, 1.165) is 4.90 Å². The van der Waals surface area contributed by atoms with E-state index in [1.807, 2.05) is 19.2 Å². The average molecular weight is 360 g/mol. The summed E-state index contributed by atoms with van der Waals surface area (Å²) in [7, 11) is 0. The summed E-state index contributed by atoms with van der Waals surface area (Å²) in [5.41, 5.74) is -0.267. The number of halogens is 2. The van der Waals surface area contributed by atoms with Crippen molar-refractivity contribution in [3.8, 4) is 5.75 Å². The first kappa shape index (κ1) is 18.0. The molecule has 4 nitrogen and oxygen atoms in total. The Hall–Kier alpha value is -1.38. The van der Waals surface area contributed by atoms with Crippen molar-refractivity contribution in [2.45, 2.75) is 43.8 Å². The molecule has 0 unspecified atom stereocenters. The molecule has 1 aromatic heterocycles. The van der Waals surface area contributed by atoms with Gasteiger partial charge in [-0.05, 0) is 43.0 Å². The predicted molar refractivity (Wildman–Crippen MR) is 89.1 cm³/mol. The number of rotatable bonds is 8. The fraction of sp³-hybridized carbons (Fsp3) is 0.400. The van der Waals surface area contributed by atoms with E-state index in [-0.39, 0.29) is 5.75 Å². The van der Waals surface area contributed by atoms with Crippen LogP contribution in [0.25, 0.3) is 0 Å². The highest BCUT2D eigenvalue weighted by atomic mass is 32.2. The van der Waals surface area contributed by atoms with E-state index < -0.39 is 12.2 Å². The van der Waals surface area contributed by atoms with Gasteiger partial charge in [0.1, 0.15) is 11.4 Å². The van der Waals surface area contributed by atoms with Crippen LogP contribution in [0.5, 0.6) is 5.75 Å². The third kappa shape index (κ3) is 4.79. The summed E-state index contributed by atoms with van der Waals surface area (Å²) in [4.78, 5) is 5.12. The molecular formula is C15H18F2N2O2S2. The van der Waals surface area contributed by atoms with Crippen LogP contribution in [-0.4, -0.2) is 16.7 Å². The van der Waals surface area contributed by atoms with Gasteiger partial charge < -0.3 is 14.6 Å². The van der Waals surface area contributed by atoms with E-state index in [1.165, 1.54) is 35.4 Å². The van der Waals surface area contributed by atoms with E-state index in [1.54, 1.807) is 12.1 Å². The lowest BCUT2D eigenvalue weighted by Crippen LogP contribution is -2.23. The van der Waals surface area contributed by atoms with Gasteiger partial charge in [-0.2, -0.15) is 8.78 Å². The quantitative estimate of drug-likeness (QED) is 0.658. The summed E-state index contributed by atoms with van der Waals surface area (Å²) >= 11 is 2.63. The van der Waals surface area contributed by atoms with E-state index in [4.69, 9.17) is 0 Å². The van der Waals surface area contributed by atoms with Crippen molar-refractivity contribution in [1.29, 1.82) is 0 Å². The van der Waals surface area contributed by atoms with E-state index >= 15 is 0 Å². The van der Waals surface area contributed by atoms with Crippen LogP contribution in [0.2, 0.25) is 0 Å². The number of aromatic nitrogens is 1. The van der Waals surface area contributed by atoms with Gasteiger partial charge in [0.05, 0.1) is 5.69 Å². The Labute approximate surface area is 142 Å². The SMILES string of the molecule is CCC(O)(CC)c1csc(NSc2cccc(OC(F)F)c2)n1. The minimum atomic E-state index is -2.84. The first-order valence-corrected chi connectivity index (χ1v) is 8.82. The Morgan fingerprint density at radius 2 is 2.13 bits per heavy atom. The highest BCUT2D eigenvalue weighted by molar-refractivity contribution is 8.00. The number of hydrogen-bond acceptors (Lipinski definition) is 6. The van der Waals surface area contributed by atoms with Gasteiger partial charge in [0.15, 0.2) is 5.13 Å². The number of benzene rings is 1. The van der Waals surface area contributed by atoms with Crippen LogP contribution in [0.15, 0.2) is 34.5 Å². The zero-order valence-corrected chi connectivity index (χ0v) is 14.4. The minimum absolute atomic E-state index is 0.109. The number of alkyl halides is 2. The highest BCUT2D eigenvalue weighted by Crippen LogP contribution is 2.33.